The normalized spacial score (nSPS) is 29.0. The van der Waals surface area contributed by atoms with E-state index < -0.39 is 10.0 Å². The van der Waals surface area contributed by atoms with Crippen molar-refractivity contribution in [2.24, 2.45) is 5.73 Å². The van der Waals surface area contributed by atoms with Crippen molar-refractivity contribution in [3.63, 3.8) is 0 Å². The fraction of sp³-hybridized carbons (Fsp3) is 0.632. The highest BCUT2D eigenvalue weighted by Crippen LogP contribution is 2.22. The summed E-state index contributed by atoms with van der Waals surface area (Å²) in [7, 11) is -3.67. The molecular weight excluding hydrogens is 402 g/mol. The van der Waals surface area contributed by atoms with Crippen LogP contribution in [0.1, 0.15) is 49.9 Å². The highest BCUT2D eigenvalue weighted by atomic mass is 35.5. The highest BCUT2D eigenvalue weighted by Gasteiger charge is 2.32. The molecule has 1 amide bonds. The van der Waals surface area contributed by atoms with Gasteiger partial charge in [-0.3, -0.25) is 4.79 Å². The third-order valence-corrected chi connectivity index (χ3v) is 7.05. The Bertz CT molecular complexity index is 771. The Labute approximate surface area is 173 Å². The third-order valence-electron chi connectivity index (χ3n) is 5.23. The average molecular weight is 432 g/mol. The number of benzene rings is 1. The molecule has 158 valence electrons. The summed E-state index contributed by atoms with van der Waals surface area (Å²) in [5.41, 5.74) is 6.27. The molecule has 3 N–H and O–H groups in total. The van der Waals surface area contributed by atoms with Crippen LogP contribution in [0, 0.1) is 0 Å². The molecule has 0 spiro atoms. The molecular formula is C19H30ClN3O4S. The van der Waals surface area contributed by atoms with Crippen LogP contribution in [0.2, 0.25) is 0 Å². The van der Waals surface area contributed by atoms with Gasteiger partial charge in [-0.25, -0.2) is 8.42 Å². The van der Waals surface area contributed by atoms with Crippen LogP contribution in [0.3, 0.4) is 0 Å². The van der Waals surface area contributed by atoms with Crippen molar-refractivity contribution in [2.45, 2.75) is 68.7 Å². The number of nitrogens with one attached hydrogen (secondary N) is 1. The standard InChI is InChI=1S/C19H29N3O4S.ClH/c1-13-11-22(12-14(2)26-13)27(24,25)18-5-3-4-15(10-18)19(23)21-17-8-6-16(20)7-9-17;/h3-5,10,13-14,16-17H,6-9,11-12,20H2,1-2H3,(H,21,23);1H. The smallest absolute Gasteiger partial charge is 0.251 e. The highest BCUT2D eigenvalue weighted by molar-refractivity contribution is 7.89. The minimum Gasteiger partial charge on any atom is -0.373 e. The number of hydrogen-bond acceptors (Lipinski definition) is 5. The molecule has 3 rings (SSSR count). The third kappa shape index (κ3) is 5.45. The van der Waals surface area contributed by atoms with E-state index in [4.69, 9.17) is 10.5 Å². The van der Waals surface area contributed by atoms with Crippen LogP contribution in [-0.2, 0) is 14.8 Å². The number of sulfonamides is 1. The second kappa shape index (κ2) is 9.54. The molecule has 7 nitrogen and oxygen atoms in total. The van der Waals surface area contributed by atoms with Crippen molar-refractivity contribution in [3.8, 4) is 0 Å². The molecule has 28 heavy (non-hydrogen) atoms. The molecule has 1 heterocycles. The van der Waals surface area contributed by atoms with Gasteiger partial charge in [0.2, 0.25) is 10.0 Å². The van der Waals surface area contributed by atoms with Gasteiger partial charge in [-0.05, 0) is 57.7 Å². The minimum absolute atomic E-state index is 0. The molecule has 2 unspecified atom stereocenters. The van der Waals surface area contributed by atoms with Gasteiger partial charge in [-0.2, -0.15) is 4.31 Å². The topological polar surface area (TPSA) is 102 Å². The molecule has 1 saturated carbocycles. The van der Waals surface area contributed by atoms with Crippen molar-refractivity contribution in [1.29, 1.82) is 0 Å². The molecule has 0 aromatic heterocycles. The summed E-state index contributed by atoms with van der Waals surface area (Å²) >= 11 is 0. The van der Waals surface area contributed by atoms with E-state index in [0.717, 1.165) is 25.7 Å². The van der Waals surface area contributed by atoms with Gasteiger partial charge in [0.25, 0.3) is 5.91 Å². The van der Waals surface area contributed by atoms with Crippen molar-refractivity contribution < 1.29 is 17.9 Å². The van der Waals surface area contributed by atoms with Crippen molar-refractivity contribution >= 4 is 28.3 Å². The maximum Gasteiger partial charge on any atom is 0.251 e. The number of amides is 1. The average Bonchev–Trinajstić information content (AvgIpc) is 2.63. The number of nitrogens with zero attached hydrogens (tertiary/aromatic N) is 1. The summed E-state index contributed by atoms with van der Waals surface area (Å²) in [5, 5.41) is 3.01. The van der Waals surface area contributed by atoms with Gasteiger partial charge >= 0.3 is 0 Å². The fourth-order valence-electron chi connectivity index (χ4n) is 3.81. The van der Waals surface area contributed by atoms with E-state index in [0.29, 0.717) is 18.7 Å². The van der Waals surface area contributed by atoms with Crippen LogP contribution in [-0.4, -0.2) is 56.0 Å². The van der Waals surface area contributed by atoms with Crippen molar-refractivity contribution in [2.75, 3.05) is 13.1 Å². The van der Waals surface area contributed by atoms with Crippen LogP contribution in [0.25, 0.3) is 0 Å². The molecule has 0 radical (unpaired) electrons. The van der Waals surface area contributed by atoms with Gasteiger partial charge in [0.05, 0.1) is 17.1 Å². The van der Waals surface area contributed by atoms with Gasteiger partial charge in [0, 0.05) is 30.7 Å². The quantitative estimate of drug-likeness (QED) is 0.758. The van der Waals surface area contributed by atoms with Gasteiger partial charge in [-0.1, -0.05) is 6.07 Å². The van der Waals surface area contributed by atoms with E-state index in [1.165, 1.54) is 16.4 Å². The van der Waals surface area contributed by atoms with E-state index in [-0.39, 0.29) is 47.5 Å². The lowest BCUT2D eigenvalue weighted by Crippen LogP contribution is -2.48. The number of carbonyl (C=O) groups is 1. The van der Waals surface area contributed by atoms with E-state index in [1.54, 1.807) is 12.1 Å². The number of rotatable bonds is 4. The van der Waals surface area contributed by atoms with Crippen LogP contribution >= 0.6 is 12.4 Å². The maximum atomic E-state index is 13.0. The summed E-state index contributed by atoms with van der Waals surface area (Å²) in [4.78, 5) is 12.7. The van der Waals surface area contributed by atoms with Crippen LogP contribution < -0.4 is 11.1 Å². The Morgan fingerprint density at radius 2 is 1.75 bits per heavy atom. The summed E-state index contributed by atoms with van der Waals surface area (Å²) in [6.07, 6.45) is 3.18. The second-order valence-corrected chi connectivity index (χ2v) is 9.63. The molecule has 0 bridgehead atoms. The molecule has 1 aliphatic heterocycles. The molecule has 1 saturated heterocycles. The molecule has 1 aliphatic carbocycles. The molecule has 9 heteroatoms. The Hall–Kier alpha value is -1.19. The number of nitrogens with two attached hydrogens (primary N) is 1. The van der Waals surface area contributed by atoms with Crippen LogP contribution in [0.15, 0.2) is 29.2 Å². The first-order valence-corrected chi connectivity index (χ1v) is 11.0. The number of ether oxygens (including phenoxy) is 1. The lowest BCUT2D eigenvalue weighted by Gasteiger charge is -2.34. The lowest BCUT2D eigenvalue weighted by atomic mass is 9.91. The number of morpholine rings is 1. The fourth-order valence-corrected chi connectivity index (χ4v) is 5.44. The maximum absolute atomic E-state index is 13.0. The molecule has 1 aromatic rings. The predicted molar refractivity (Wildman–Crippen MR) is 110 cm³/mol. The largest absolute Gasteiger partial charge is 0.373 e. The monoisotopic (exact) mass is 431 g/mol. The number of hydrogen-bond donors (Lipinski definition) is 2. The molecule has 1 aromatic carbocycles. The number of carbonyl (C=O) groups excluding carboxylic acids is 1. The Morgan fingerprint density at radius 3 is 2.36 bits per heavy atom. The van der Waals surface area contributed by atoms with E-state index in [2.05, 4.69) is 5.32 Å². The Kier molecular flexibility index (Phi) is 7.87. The minimum atomic E-state index is -3.67. The molecule has 2 aliphatic rings. The molecule has 2 atom stereocenters. The van der Waals surface area contributed by atoms with Crippen LogP contribution in [0.5, 0.6) is 0 Å². The Morgan fingerprint density at radius 1 is 1.14 bits per heavy atom. The first kappa shape index (κ1) is 23.1. The molecule has 2 fully saturated rings. The summed E-state index contributed by atoms with van der Waals surface area (Å²) in [5.74, 6) is -0.240. The first-order valence-electron chi connectivity index (χ1n) is 9.58. The second-order valence-electron chi connectivity index (χ2n) is 7.69. The van der Waals surface area contributed by atoms with Gasteiger partial charge in [0.15, 0.2) is 0 Å². The SMILES string of the molecule is CC1CN(S(=O)(=O)c2cccc(C(=O)NC3CCC(N)CC3)c2)CC(C)O1.Cl. The lowest BCUT2D eigenvalue weighted by molar-refractivity contribution is -0.0440. The zero-order valence-corrected chi connectivity index (χ0v) is 18.0. The van der Waals surface area contributed by atoms with Crippen molar-refractivity contribution in [1.82, 2.24) is 9.62 Å². The Balaban J connectivity index is 0.00000280. The zero-order valence-electron chi connectivity index (χ0n) is 16.3. The summed E-state index contributed by atoms with van der Waals surface area (Å²) in [6, 6.07) is 6.57. The predicted octanol–water partition coefficient (Wildman–Crippen LogP) is 1.91. The summed E-state index contributed by atoms with van der Waals surface area (Å²) in [6.45, 7) is 4.34. The van der Waals surface area contributed by atoms with Gasteiger partial charge in [0.1, 0.15) is 0 Å². The van der Waals surface area contributed by atoms with Crippen LogP contribution in [0.4, 0.5) is 0 Å². The van der Waals surface area contributed by atoms with Crippen molar-refractivity contribution in [3.05, 3.63) is 29.8 Å². The van der Waals surface area contributed by atoms with E-state index in [1.807, 2.05) is 13.8 Å². The first-order chi connectivity index (χ1) is 12.8. The zero-order chi connectivity index (χ0) is 19.6. The van der Waals surface area contributed by atoms with E-state index >= 15 is 0 Å². The number of halogens is 1. The van der Waals surface area contributed by atoms with Gasteiger partial charge < -0.3 is 15.8 Å². The summed E-state index contributed by atoms with van der Waals surface area (Å²) < 4.78 is 33.1. The van der Waals surface area contributed by atoms with Gasteiger partial charge in [-0.15, -0.1) is 12.4 Å². The van der Waals surface area contributed by atoms with E-state index in [9.17, 15) is 13.2 Å².